The Morgan fingerprint density at radius 2 is 1.86 bits per heavy atom. The van der Waals surface area contributed by atoms with Gasteiger partial charge in [0.15, 0.2) is 5.78 Å². The molecule has 2 aromatic heterocycles. The molecule has 0 unspecified atom stereocenters. The van der Waals surface area contributed by atoms with Gasteiger partial charge in [-0.2, -0.15) is 0 Å². The van der Waals surface area contributed by atoms with E-state index in [-0.39, 0.29) is 30.1 Å². The summed E-state index contributed by atoms with van der Waals surface area (Å²) in [5.74, 6) is -5.76. The van der Waals surface area contributed by atoms with E-state index in [1.165, 1.54) is 18.5 Å². The summed E-state index contributed by atoms with van der Waals surface area (Å²) in [5.41, 5.74) is 4.20. The van der Waals surface area contributed by atoms with Crippen LogP contribution in [0.3, 0.4) is 0 Å². The Kier molecular flexibility index (Phi) is 6.66. The Morgan fingerprint density at radius 3 is 2.50 bits per heavy atom. The van der Waals surface area contributed by atoms with Crippen LogP contribution in [0.2, 0.25) is 0 Å². The highest BCUT2D eigenvalue weighted by Gasteiger charge is 2.51. The highest BCUT2D eigenvalue weighted by Crippen LogP contribution is 2.49. The van der Waals surface area contributed by atoms with Crippen molar-refractivity contribution in [3.05, 3.63) is 77.4 Å². The lowest BCUT2D eigenvalue weighted by atomic mass is 9.95. The average molecular weight is 501 g/mol. The zero-order valence-corrected chi connectivity index (χ0v) is 19.2. The van der Waals surface area contributed by atoms with Crippen LogP contribution in [0, 0.1) is 17.0 Å². The van der Waals surface area contributed by atoms with Crippen molar-refractivity contribution in [1.29, 1.82) is 0 Å². The minimum absolute atomic E-state index is 0.0320. The van der Waals surface area contributed by atoms with Gasteiger partial charge in [0.2, 0.25) is 5.91 Å². The maximum absolute atomic E-state index is 14.7. The van der Waals surface area contributed by atoms with Crippen LogP contribution < -0.4 is 16.4 Å². The fourth-order valence-corrected chi connectivity index (χ4v) is 3.83. The number of carbonyl (C=O) groups is 2. The van der Waals surface area contributed by atoms with Gasteiger partial charge in [-0.3, -0.25) is 19.6 Å². The van der Waals surface area contributed by atoms with Crippen LogP contribution in [0.5, 0.6) is 0 Å². The zero-order valence-electron chi connectivity index (χ0n) is 19.2. The van der Waals surface area contributed by atoms with Gasteiger partial charge in [0.1, 0.15) is 11.6 Å². The molecule has 0 saturated heterocycles. The van der Waals surface area contributed by atoms with Crippen molar-refractivity contribution in [2.75, 3.05) is 11.1 Å². The van der Waals surface area contributed by atoms with Gasteiger partial charge in [-0.15, -0.1) is 0 Å². The molecule has 0 atom stereocenters. The van der Waals surface area contributed by atoms with Gasteiger partial charge in [0, 0.05) is 42.9 Å². The summed E-state index contributed by atoms with van der Waals surface area (Å²) in [6.07, 6.45) is 4.92. The number of Topliss-reactive ketones (excluding diaryl/α,β-unsaturated/α-hetero) is 1. The molecule has 1 aromatic carbocycles. The number of hydrogen-bond acceptors (Lipinski definition) is 6. The third-order valence-electron chi connectivity index (χ3n) is 6.01. The van der Waals surface area contributed by atoms with Crippen molar-refractivity contribution in [2.24, 2.45) is 5.41 Å². The molecule has 1 aliphatic rings. The van der Waals surface area contributed by atoms with E-state index in [1.807, 2.05) is 0 Å². The van der Waals surface area contributed by atoms with E-state index >= 15 is 0 Å². The first-order chi connectivity index (χ1) is 17.0. The number of amides is 1. The summed E-state index contributed by atoms with van der Waals surface area (Å²) >= 11 is 0. The van der Waals surface area contributed by atoms with Gasteiger partial charge < -0.3 is 16.4 Å². The molecule has 0 aliphatic heterocycles. The van der Waals surface area contributed by atoms with Crippen LogP contribution in [-0.2, 0) is 17.3 Å². The second kappa shape index (κ2) is 9.56. The first-order valence-electron chi connectivity index (χ1n) is 11.1. The van der Waals surface area contributed by atoms with Crippen molar-refractivity contribution < 1.29 is 27.2 Å². The quantitative estimate of drug-likeness (QED) is 0.285. The SMILES string of the molecule is CC(F)(F)c1cccc(F)c1Nc1cnc(CNC(=O)C2(CC(=O)c3cncc(N)c3)CC2)c(F)c1. The number of ketones is 1. The molecular weight excluding hydrogens is 478 g/mol. The van der Waals surface area contributed by atoms with E-state index in [9.17, 15) is 27.2 Å². The molecule has 11 heteroatoms. The number of anilines is 3. The lowest BCUT2D eigenvalue weighted by Crippen LogP contribution is -2.33. The van der Waals surface area contributed by atoms with Gasteiger partial charge in [0.25, 0.3) is 5.92 Å². The average Bonchev–Trinajstić information content (AvgIpc) is 3.59. The Balaban J connectivity index is 1.41. The lowest BCUT2D eigenvalue weighted by molar-refractivity contribution is -0.126. The number of nitrogens with zero attached hydrogens (tertiary/aromatic N) is 2. The fourth-order valence-electron chi connectivity index (χ4n) is 3.83. The third-order valence-corrected chi connectivity index (χ3v) is 6.01. The van der Waals surface area contributed by atoms with Gasteiger partial charge >= 0.3 is 0 Å². The number of nitrogens with one attached hydrogen (secondary N) is 2. The maximum Gasteiger partial charge on any atom is 0.272 e. The van der Waals surface area contributed by atoms with Crippen LogP contribution in [-0.4, -0.2) is 21.7 Å². The monoisotopic (exact) mass is 501 g/mol. The molecule has 1 saturated carbocycles. The van der Waals surface area contributed by atoms with Crippen molar-refractivity contribution >= 4 is 28.8 Å². The van der Waals surface area contributed by atoms with Crippen molar-refractivity contribution in [3.8, 4) is 0 Å². The number of carbonyl (C=O) groups excluding carboxylic acids is 2. The standard InChI is InChI=1S/C25H23F4N5O2/c1-24(28,29)17-3-2-4-18(26)22(17)34-16-8-19(27)20(32-12-16)13-33-23(36)25(5-6-25)9-21(35)14-7-15(30)11-31-10-14/h2-4,7-8,10-12,34H,5-6,9,13,30H2,1H3,(H,33,36). The van der Waals surface area contributed by atoms with E-state index < -0.39 is 40.1 Å². The van der Waals surface area contributed by atoms with E-state index in [0.29, 0.717) is 31.0 Å². The number of hydrogen-bond donors (Lipinski definition) is 3. The molecule has 3 aromatic rings. The number of para-hydroxylation sites is 1. The predicted octanol–water partition coefficient (Wildman–Crippen LogP) is 4.86. The summed E-state index contributed by atoms with van der Waals surface area (Å²) in [6, 6.07) is 5.70. The molecule has 36 heavy (non-hydrogen) atoms. The summed E-state index contributed by atoms with van der Waals surface area (Å²) in [6.45, 7) is 0.378. The normalized spacial score (nSPS) is 14.2. The molecular formula is C25H23F4N5O2. The summed E-state index contributed by atoms with van der Waals surface area (Å²) in [5, 5.41) is 5.06. The summed E-state index contributed by atoms with van der Waals surface area (Å²) in [4.78, 5) is 33.1. The third kappa shape index (κ3) is 5.45. The number of pyridine rings is 2. The minimum atomic E-state index is -3.33. The van der Waals surface area contributed by atoms with Crippen LogP contribution in [0.1, 0.15) is 47.8 Å². The molecule has 188 valence electrons. The first-order valence-corrected chi connectivity index (χ1v) is 11.1. The smallest absolute Gasteiger partial charge is 0.272 e. The van der Waals surface area contributed by atoms with Crippen molar-refractivity contribution in [3.63, 3.8) is 0 Å². The molecule has 0 radical (unpaired) electrons. The number of alkyl halides is 2. The van der Waals surface area contributed by atoms with Gasteiger partial charge in [0.05, 0.1) is 40.9 Å². The molecule has 4 N–H and O–H groups in total. The highest BCUT2D eigenvalue weighted by molar-refractivity contribution is 6.01. The Labute approximate surface area is 204 Å². The Morgan fingerprint density at radius 1 is 1.11 bits per heavy atom. The van der Waals surface area contributed by atoms with Crippen LogP contribution in [0.4, 0.5) is 34.6 Å². The van der Waals surface area contributed by atoms with Crippen LogP contribution in [0.15, 0.2) is 48.9 Å². The second-order valence-corrected chi connectivity index (χ2v) is 8.90. The summed E-state index contributed by atoms with van der Waals surface area (Å²) in [7, 11) is 0. The van der Waals surface area contributed by atoms with E-state index in [1.54, 1.807) is 0 Å². The van der Waals surface area contributed by atoms with E-state index in [0.717, 1.165) is 30.5 Å². The molecule has 7 nitrogen and oxygen atoms in total. The molecule has 1 fully saturated rings. The van der Waals surface area contributed by atoms with Gasteiger partial charge in [-0.25, -0.2) is 17.6 Å². The number of nitrogens with two attached hydrogens (primary N) is 1. The number of nitrogen functional groups attached to an aromatic ring is 1. The number of aromatic nitrogens is 2. The van der Waals surface area contributed by atoms with Gasteiger partial charge in [-0.05, 0) is 25.0 Å². The molecule has 1 amide bonds. The van der Waals surface area contributed by atoms with Crippen molar-refractivity contribution in [1.82, 2.24) is 15.3 Å². The molecule has 4 rings (SSSR count). The summed E-state index contributed by atoms with van der Waals surface area (Å²) < 4.78 is 56.5. The first kappa shape index (κ1) is 25.1. The second-order valence-electron chi connectivity index (χ2n) is 8.90. The Bertz CT molecular complexity index is 1320. The zero-order chi connectivity index (χ0) is 26.1. The number of halogens is 4. The maximum atomic E-state index is 14.7. The molecule has 0 spiro atoms. The molecule has 2 heterocycles. The van der Waals surface area contributed by atoms with Crippen molar-refractivity contribution in [2.45, 2.75) is 38.7 Å². The minimum Gasteiger partial charge on any atom is -0.397 e. The van der Waals surface area contributed by atoms with E-state index in [4.69, 9.17) is 5.73 Å². The molecule has 0 bridgehead atoms. The van der Waals surface area contributed by atoms with Gasteiger partial charge in [-0.1, -0.05) is 12.1 Å². The van der Waals surface area contributed by atoms with Crippen LogP contribution in [0.25, 0.3) is 0 Å². The number of benzene rings is 1. The predicted molar refractivity (Wildman–Crippen MR) is 125 cm³/mol. The number of rotatable bonds is 9. The largest absolute Gasteiger partial charge is 0.397 e. The topological polar surface area (TPSA) is 110 Å². The fraction of sp³-hybridized carbons (Fsp3) is 0.280. The van der Waals surface area contributed by atoms with Crippen LogP contribution >= 0.6 is 0 Å². The highest BCUT2D eigenvalue weighted by atomic mass is 19.3. The lowest BCUT2D eigenvalue weighted by Gasteiger charge is -2.18. The Hall–Kier alpha value is -4.02. The van der Waals surface area contributed by atoms with E-state index in [2.05, 4.69) is 20.6 Å². The molecule has 1 aliphatic carbocycles.